The van der Waals surface area contributed by atoms with E-state index in [9.17, 15) is 0 Å². The molecule has 4 atom stereocenters. The van der Waals surface area contributed by atoms with Crippen LogP contribution in [0.1, 0.15) is 36.1 Å². The average Bonchev–Trinajstić information content (AvgIpc) is 3.28. The van der Waals surface area contributed by atoms with Crippen molar-refractivity contribution in [3.05, 3.63) is 66.1 Å². The quantitative estimate of drug-likeness (QED) is 0.679. The minimum atomic E-state index is 0.509. The second-order valence-corrected chi connectivity index (χ2v) is 8.30. The predicted molar refractivity (Wildman–Crippen MR) is 113 cm³/mol. The number of H-pyrrole nitrogens is 1. The number of aryl methyl sites for hydroxylation is 1. The Labute approximate surface area is 171 Å². The van der Waals surface area contributed by atoms with Crippen LogP contribution in [0.4, 0.5) is 0 Å². The van der Waals surface area contributed by atoms with E-state index in [1.807, 2.05) is 19.2 Å². The predicted octanol–water partition coefficient (Wildman–Crippen LogP) is 3.14. The van der Waals surface area contributed by atoms with Crippen LogP contribution in [0, 0.1) is 12.8 Å². The molecule has 3 fully saturated rings. The minimum Gasteiger partial charge on any atom is -0.348 e. The maximum absolute atomic E-state index is 4.86. The van der Waals surface area contributed by atoms with Gasteiger partial charge in [-0.25, -0.2) is 15.0 Å². The van der Waals surface area contributed by atoms with Gasteiger partial charge in [0, 0.05) is 48.7 Å². The third-order valence-electron chi connectivity index (χ3n) is 6.41. The number of aromatic amines is 1. The maximum atomic E-state index is 4.86. The summed E-state index contributed by atoms with van der Waals surface area (Å²) in [5.41, 5.74) is 3.43. The molecule has 6 heteroatoms. The van der Waals surface area contributed by atoms with Crippen molar-refractivity contribution >= 4 is 0 Å². The molecule has 0 aliphatic carbocycles. The molecule has 2 aromatic heterocycles. The average molecular weight is 389 g/mol. The highest BCUT2D eigenvalue weighted by atomic mass is 15.2. The molecule has 0 saturated carbocycles. The largest absolute Gasteiger partial charge is 0.348 e. The number of aromatic nitrogens is 4. The van der Waals surface area contributed by atoms with E-state index in [0.717, 1.165) is 37.0 Å². The molecule has 3 aliphatic heterocycles. The highest BCUT2D eigenvalue weighted by Crippen LogP contribution is 2.41. The summed E-state index contributed by atoms with van der Waals surface area (Å²) in [6.45, 7) is 6.13. The summed E-state index contributed by atoms with van der Waals surface area (Å²) in [5.74, 6) is 3.08. The molecule has 3 aliphatic rings. The van der Waals surface area contributed by atoms with Crippen molar-refractivity contribution in [2.45, 2.75) is 38.3 Å². The van der Waals surface area contributed by atoms with Crippen LogP contribution in [0.5, 0.6) is 0 Å². The van der Waals surface area contributed by atoms with Crippen LogP contribution < -0.4 is 5.32 Å². The second kappa shape index (κ2) is 8.05. The number of rotatable bonds is 6. The Morgan fingerprint density at radius 1 is 1.21 bits per heavy atom. The van der Waals surface area contributed by atoms with Crippen LogP contribution in [0.3, 0.4) is 0 Å². The fourth-order valence-electron chi connectivity index (χ4n) is 4.97. The van der Waals surface area contributed by atoms with Gasteiger partial charge in [0.25, 0.3) is 0 Å². The molecule has 6 nitrogen and oxygen atoms in total. The number of hydrogen-bond acceptors (Lipinski definition) is 5. The number of benzene rings is 1. The molecule has 3 saturated heterocycles. The zero-order valence-electron chi connectivity index (χ0n) is 16.9. The maximum Gasteiger partial charge on any atom is 0.126 e. The molecular weight excluding hydrogens is 360 g/mol. The van der Waals surface area contributed by atoms with E-state index in [0.29, 0.717) is 17.9 Å². The number of nitrogens with zero attached hydrogens (tertiary/aromatic N) is 4. The highest BCUT2D eigenvalue weighted by Gasteiger charge is 2.41. The Kier molecular flexibility index (Phi) is 5.12. The number of nitrogens with one attached hydrogen (secondary N) is 2. The van der Waals surface area contributed by atoms with Gasteiger partial charge in [-0.2, -0.15) is 0 Å². The molecule has 2 bridgehead atoms. The van der Waals surface area contributed by atoms with E-state index in [-0.39, 0.29) is 0 Å². The number of hydrogen-bond donors (Lipinski definition) is 2. The van der Waals surface area contributed by atoms with Crippen LogP contribution in [-0.2, 0) is 6.54 Å². The number of imidazole rings is 1. The lowest BCUT2D eigenvalue weighted by Crippen LogP contribution is -2.55. The Morgan fingerprint density at radius 2 is 2.10 bits per heavy atom. The Hall–Kier alpha value is -2.57. The van der Waals surface area contributed by atoms with Crippen molar-refractivity contribution < 1.29 is 0 Å². The van der Waals surface area contributed by atoms with Gasteiger partial charge in [0.05, 0.1) is 12.2 Å². The van der Waals surface area contributed by atoms with Crippen molar-refractivity contribution in [1.29, 1.82) is 0 Å². The van der Waals surface area contributed by atoms with Crippen LogP contribution >= 0.6 is 0 Å². The third-order valence-corrected chi connectivity index (χ3v) is 6.41. The van der Waals surface area contributed by atoms with E-state index in [2.05, 4.69) is 50.5 Å². The summed E-state index contributed by atoms with van der Waals surface area (Å²) in [4.78, 5) is 19.7. The van der Waals surface area contributed by atoms with Crippen molar-refractivity contribution in [3.8, 4) is 11.3 Å². The first-order chi connectivity index (χ1) is 14.3. The summed E-state index contributed by atoms with van der Waals surface area (Å²) >= 11 is 0. The molecule has 3 aromatic rings. The van der Waals surface area contributed by atoms with Gasteiger partial charge in [-0.3, -0.25) is 4.90 Å². The van der Waals surface area contributed by atoms with E-state index in [4.69, 9.17) is 9.97 Å². The molecule has 0 radical (unpaired) electrons. The van der Waals surface area contributed by atoms with Gasteiger partial charge in [0.15, 0.2) is 0 Å². The lowest BCUT2D eigenvalue weighted by molar-refractivity contribution is 0.0291. The van der Waals surface area contributed by atoms with E-state index >= 15 is 0 Å². The SMILES string of the molecule is Cc1nc(-c2ccccc2)cc([C@H]2CN3CC[C@H]2C[C@@H]3CNCc2ncc[nH]2)n1. The van der Waals surface area contributed by atoms with Crippen molar-refractivity contribution in [1.82, 2.24) is 30.2 Å². The number of fused-ring (bicyclic) bond motifs is 3. The van der Waals surface area contributed by atoms with Gasteiger partial charge in [-0.15, -0.1) is 0 Å². The first-order valence-electron chi connectivity index (χ1n) is 10.6. The van der Waals surface area contributed by atoms with E-state index in [1.165, 1.54) is 30.6 Å². The van der Waals surface area contributed by atoms with Crippen LogP contribution in [0.15, 0.2) is 48.8 Å². The smallest absolute Gasteiger partial charge is 0.126 e. The summed E-state index contributed by atoms with van der Waals surface area (Å²) in [5, 5.41) is 3.58. The second-order valence-electron chi connectivity index (χ2n) is 8.30. The molecule has 1 unspecified atom stereocenters. The Morgan fingerprint density at radius 3 is 2.86 bits per heavy atom. The highest BCUT2D eigenvalue weighted by molar-refractivity contribution is 5.59. The fraction of sp³-hybridized carbons (Fsp3) is 0.435. The summed E-state index contributed by atoms with van der Waals surface area (Å²) < 4.78 is 0. The first-order valence-corrected chi connectivity index (χ1v) is 10.6. The van der Waals surface area contributed by atoms with Gasteiger partial charge in [0.2, 0.25) is 0 Å². The molecule has 6 rings (SSSR count). The lowest BCUT2D eigenvalue weighted by atomic mass is 9.74. The summed E-state index contributed by atoms with van der Waals surface area (Å²) in [6, 6.07) is 13.3. The van der Waals surface area contributed by atoms with Crippen LogP contribution in [-0.4, -0.2) is 50.5 Å². The zero-order chi connectivity index (χ0) is 19.6. The molecule has 29 heavy (non-hydrogen) atoms. The fourth-order valence-corrected chi connectivity index (χ4v) is 4.97. The molecule has 150 valence electrons. The van der Waals surface area contributed by atoms with Gasteiger partial charge >= 0.3 is 0 Å². The Balaban J connectivity index is 1.28. The van der Waals surface area contributed by atoms with Crippen LogP contribution in [0.2, 0.25) is 0 Å². The van der Waals surface area contributed by atoms with E-state index in [1.54, 1.807) is 6.20 Å². The van der Waals surface area contributed by atoms with Gasteiger partial charge < -0.3 is 10.3 Å². The minimum absolute atomic E-state index is 0.509. The van der Waals surface area contributed by atoms with Gasteiger partial charge in [0.1, 0.15) is 11.6 Å². The van der Waals surface area contributed by atoms with Crippen molar-refractivity contribution in [2.24, 2.45) is 5.92 Å². The van der Waals surface area contributed by atoms with Gasteiger partial charge in [-0.05, 0) is 38.3 Å². The molecular formula is C23H28N6. The van der Waals surface area contributed by atoms with Crippen molar-refractivity contribution in [3.63, 3.8) is 0 Å². The normalized spacial score (nSPS) is 26.0. The van der Waals surface area contributed by atoms with Crippen molar-refractivity contribution in [2.75, 3.05) is 19.6 Å². The number of piperidine rings is 3. The summed E-state index contributed by atoms with van der Waals surface area (Å²) in [6.07, 6.45) is 6.19. The molecule has 0 amide bonds. The molecule has 0 spiro atoms. The third kappa shape index (κ3) is 3.95. The van der Waals surface area contributed by atoms with Gasteiger partial charge in [-0.1, -0.05) is 30.3 Å². The van der Waals surface area contributed by atoms with E-state index < -0.39 is 0 Å². The van der Waals surface area contributed by atoms with Crippen LogP contribution in [0.25, 0.3) is 11.3 Å². The monoisotopic (exact) mass is 388 g/mol. The standard InChI is InChI=1S/C23H28N6/c1-16-27-21(17-5-3-2-4-6-17)12-22(28-16)20-15-29-10-7-18(20)11-19(29)13-24-14-23-25-8-9-26-23/h2-6,8-9,12,18-20,24H,7,10-11,13-15H2,1H3,(H,25,26)/t18-,19+,20-/m0/s1. The molecule has 5 heterocycles. The zero-order valence-corrected chi connectivity index (χ0v) is 16.9. The molecule has 1 aromatic carbocycles. The first kappa shape index (κ1) is 18.5. The lowest BCUT2D eigenvalue weighted by Gasteiger charge is -2.50. The Bertz CT molecular complexity index is 939. The topological polar surface area (TPSA) is 69.7 Å². The molecule has 2 N–H and O–H groups in total. The summed E-state index contributed by atoms with van der Waals surface area (Å²) in [7, 11) is 0.